The van der Waals surface area contributed by atoms with Gasteiger partial charge in [-0.1, -0.05) is 30.3 Å². The number of ketones is 1. The molecule has 2 aliphatic rings. The smallest absolute Gasteiger partial charge is 0.133 e. The highest BCUT2D eigenvalue weighted by atomic mass is 16.1. The van der Waals surface area contributed by atoms with E-state index in [1.165, 1.54) is 18.4 Å². The Hall–Kier alpha value is -1.11. The molecule has 0 aliphatic heterocycles. The number of Topliss-reactive ketones (excluding diaryl/α,β-unsaturated/α-hetero) is 1. The van der Waals surface area contributed by atoms with Crippen LogP contribution in [0.2, 0.25) is 0 Å². The van der Waals surface area contributed by atoms with E-state index in [-0.39, 0.29) is 0 Å². The van der Waals surface area contributed by atoms with Crippen molar-refractivity contribution in [2.24, 2.45) is 17.8 Å². The summed E-state index contributed by atoms with van der Waals surface area (Å²) in [5.74, 6) is 2.89. The lowest BCUT2D eigenvalue weighted by Crippen LogP contribution is -1.99. The van der Waals surface area contributed by atoms with Gasteiger partial charge in [0.05, 0.1) is 0 Å². The molecule has 2 saturated carbocycles. The number of benzene rings is 1. The van der Waals surface area contributed by atoms with Crippen molar-refractivity contribution < 1.29 is 4.79 Å². The van der Waals surface area contributed by atoms with Gasteiger partial charge in [-0.25, -0.2) is 0 Å². The van der Waals surface area contributed by atoms with Gasteiger partial charge in [-0.3, -0.25) is 4.79 Å². The molecule has 2 atom stereocenters. The summed E-state index contributed by atoms with van der Waals surface area (Å²) in [5.41, 5.74) is 1.44. The highest BCUT2D eigenvalue weighted by Gasteiger charge is 2.54. The van der Waals surface area contributed by atoms with Gasteiger partial charge in [-0.05, 0) is 36.2 Å². The molecule has 1 aromatic rings. The first-order valence-corrected chi connectivity index (χ1v) is 5.90. The fourth-order valence-corrected chi connectivity index (χ4v) is 3.15. The van der Waals surface area contributed by atoms with Gasteiger partial charge in [0.1, 0.15) is 5.78 Å². The Bertz CT molecular complexity index is 354. The van der Waals surface area contributed by atoms with Crippen LogP contribution in [0.3, 0.4) is 0 Å². The minimum absolute atomic E-state index is 0.501. The van der Waals surface area contributed by atoms with Gasteiger partial charge in [-0.15, -0.1) is 0 Å². The van der Waals surface area contributed by atoms with Crippen molar-refractivity contribution in [3.8, 4) is 0 Å². The lowest BCUT2D eigenvalue weighted by Gasteiger charge is -2.02. The zero-order valence-electron chi connectivity index (χ0n) is 8.86. The molecule has 2 aliphatic carbocycles. The molecule has 0 aromatic heterocycles. The van der Waals surface area contributed by atoms with Crippen LogP contribution in [0.5, 0.6) is 0 Å². The minimum Gasteiger partial charge on any atom is -0.300 e. The number of rotatable bonds is 3. The molecule has 0 heterocycles. The molecule has 15 heavy (non-hydrogen) atoms. The Labute approximate surface area is 90.5 Å². The van der Waals surface area contributed by atoms with Crippen LogP contribution in [0.15, 0.2) is 30.3 Å². The van der Waals surface area contributed by atoms with E-state index in [4.69, 9.17) is 0 Å². The first-order valence-electron chi connectivity index (χ1n) is 5.90. The van der Waals surface area contributed by atoms with Crippen LogP contribution in [0.25, 0.3) is 0 Å². The average molecular weight is 200 g/mol. The van der Waals surface area contributed by atoms with Gasteiger partial charge in [0.25, 0.3) is 0 Å². The molecule has 2 unspecified atom stereocenters. The van der Waals surface area contributed by atoms with E-state index in [1.54, 1.807) is 0 Å². The van der Waals surface area contributed by atoms with Crippen LogP contribution in [0.4, 0.5) is 0 Å². The molecule has 78 valence electrons. The quantitative estimate of drug-likeness (QED) is 0.733. The molecule has 1 nitrogen and oxygen atoms in total. The maximum Gasteiger partial charge on any atom is 0.133 e. The third-order valence-corrected chi connectivity index (χ3v) is 4.04. The Morgan fingerprint density at radius 3 is 2.40 bits per heavy atom. The van der Waals surface area contributed by atoms with Crippen LogP contribution in [0, 0.1) is 17.8 Å². The highest BCUT2D eigenvalue weighted by Crippen LogP contribution is 2.57. The van der Waals surface area contributed by atoms with Gasteiger partial charge in [0.2, 0.25) is 0 Å². The highest BCUT2D eigenvalue weighted by molar-refractivity contribution is 5.82. The zero-order valence-corrected chi connectivity index (χ0v) is 8.86. The van der Waals surface area contributed by atoms with E-state index in [2.05, 4.69) is 30.3 Å². The summed E-state index contributed by atoms with van der Waals surface area (Å²) >= 11 is 0. The lowest BCUT2D eigenvalue weighted by atomic mass is 10.0. The van der Waals surface area contributed by atoms with Crippen molar-refractivity contribution in [3.05, 3.63) is 35.9 Å². The predicted molar refractivity (Wildman–Crippen MR) is 59.5 cm³/mol. The molecule has 0 spiro atoms. The monoisotopic (exact) mass is 200 g/mol. The SMILES string of the molecule is O=C1CC2C(CCc3ccccc3)C2C1. The summed E-state index contributed by atoms with van der Waals surface area (Å²) in [5, 5.41) is 0. The van der Waals surface area contributed by atoms with Gasteiger partial charge in [0.15, 0.2) is 0 Å². The zero-order chi connectivity index (χ0) is 10.3. The van der Waals surface area contributed by atoms with Crippen molar-refractivity contribution in [1.29, 1.82) is 0 Å². The van der Waals surface area contributed by atoms with Crippen LogP contribution >= 0.6 is 0 Å². The topological polar surface area (TPSA) is 17.1 Å². The van der Waals surface area contributed by atoms with Gasteiger partial charge in [-0.2, -0.15) is 0 Å². The standard InChI is InChI=1S/C14H16O/c15-11-8-13-12(14(13)9-11)7-6-10-4-2-1-3-5-10/h1-5,12-14H,6-9H2. The molecule has 2 fully saturated rings. The predicted octanol–water partition coefficient (Wildman–Crippen LogP) is 2.84. The summed E-state index contributed by atoms with van der Waals surface area (Å²) in [6.07, 6.45) is 4.23. The largest absolute Gasteiger partial charge is 0.300 e. The molecular formula is C14H16O. The number of hydrogen-bond acceptors (Lipinski definition) is 1. The van der Waals surface area contributed by atoms with Gasteiger partial charge in [0, 0.05) is 12.8 Å². The summed E-state index contributed by atoms with van der Waals surface area (Å²) in [4.78, 5) is 11.1. The number of carbonyl (C=O) groups is 1. The number of hydrogen-bond donors (Lipinski definition) is 0. The fourth-order valence-electron chi connectivity index (χ4n) is 3.15. The van der Waals surface area contributed by atoms with Crippen molar-refractivity contribution in [2.75, 3.05) is 0 Å². The first-order chi connectivity index (χ1) is 7.34. The maximum atomic E-state index is 11.1. The molecule has 0 bridgehead atoms. The normalized spacial score (nSPS) is 32.8. The van der Waals surface area contributed by atoms with Gasteiger partial charge < -0.3 is 0 Å². The molecule has 0 amide bonds. The van der Waals surface area contributed by atoms with E-state index in [0.717, 1.165) is 30.6 Å². The molecule has 0 N–H and O–H groups in total. The third-order valence-electron chi connectivity index (χ3n) is 4.04. The minimum atomic E-state index is 0.501. The van der Waals surface area contributed by atoms with Crippen molar-refractivity contribution in [3.63, 3.8) is 0 Å². The van der Waals surface area contributed by atoms with Crippen LogP contribution < -0.4 is 0 Å². The van der Waals surface area contributed by atoms with E-state index in [0.29, 0.717) is 5.78 Å². The second-order valence-corrected chi connectivity index (χ2v) is 4.96. The Balaban J connectivity index is 1.51. The fraction of sp³-hybridized carbons (Fsp3) is 0.500. The van der Waals surface area contributed by atoms with E-state index in [1.807, 2.05) is 0 Å². The lowest BCUT2D eigenvalue weighted by molar-refractivity contribution is -0.118. The van der Waals surface area contributed by atoms with E-state index < -0.39 is 0 Å². The van der Waals surface area contributed by atoms with Crippen LogP contribution in [-0.4, -0.2) is 5.78 Å². The summed E-state index contributed by atoms with van der Waals surface area (Å²) in [6.45, 7) is 0. The van der Waals surface area contributed by atoms with Crippen molar-refractivity contribution >= 4 is 5.78 Å². The molecule has 0 radical (unpaired) electrons. The van der Waals surface area contributed by atoms with Crippen molar-refractivity contribution in [2.45, 2.75) is 25.7 Å². The molecule has 1 heteroatoms. The Morgan fingerprint density at radius 2 is 1.73 bits per heavy atom. The van der Waals surface area contributed by atoms with Crippen LogP contribution in [0.1, 0.15) is 24.8 Å². The average Bonchev–Trinajstić information content (AvgIpc) is 2.72. The van der Waals surface area contributed by atoms with Gasteiger partial charge >= 0.3 is 0 Å². The molecular weight excluding hydrogens is 184 g/mol. The van der Waals surface area contributed by atoms with Crippen molar-refractivity contribution in [1.82, 2.24) is 0 Å². The molecule has 1 aromatic carbocycles. The number of aryl methyl sites for hydroxylation is 1. The Kier molecular flexibility index (Phi) is 2.12. The number of fused-ring (bicyclic) bond motifs is 1. The van der Waals surface area contributed by atoms with E-state index >= 15 is 0 Å². The first kappa shape index (κ1) is 9.14. The third kappa shape index (κ3) is 1.71. The molecule has 3 rings (SSSR count). The second-order valence-electron chi connectivity index (χ2n) is 4.96. The molecule has 0 saturated heterocycles. The maximum absolute atomic E-state index is 11.1. The number of carbonyl (C=O) groups excluding carboxylic acids is 1. The second kappa shape index (κ2) is 3.48. The van der Waals surface area contributed by atoms with E-state index in [9.17, 15) is 4.79 Å². The summed E-state index contributed by atoms with van der Waals surface area (Å²) < 4.78 is 0. The summed E-state index contributed by atoms with van der Waals surface area (Å²) in [6, 6.07) is 10.7. The summed E-state index contributed by atoms with van der Waals surface area (Å²) in [7, 11) is 0. The Morgan fingerprint density at radius 1 is 1.07 bits per heavy atom. The van der Waals surface area contributed by atoms with Crippen LogP contribution in [-0.2, 0) is 11.2 Å².